The number of amides is 1. The van der Waals surface area contributed by atoms with Crippen LogP contribution in [0.5, 0.6) is 5.75 Å². The van der Waals surface area contributed by atoms with Gasteiger partial charge in [-0.2, -0.15) is 0 Å². The number of ether oxygens (including phenoxy) is 1. The molecular weight excluding hydrogens is 216 g/mol. The zero-order valence-electron chi connectivity index (χ0n) is 10.7. The number of carbonyl (C=O) groups excluding carboxylic acids is 1. The van der Waals surface area contributed by atoms with Gasteiger partial charge in [0, 0.05) is 0 Å². The molecule has 4 heteroatoms. The molecular formula is C13H21N2O2+. The standard InChI is InChI=1S/C13H20N2O2/c1-11-6-4-5-7-12(11)17-10-13(16)14-8-9-15(2)3/h4-7H,8-10H2,1-3H3,(H,14,16)/p+1. The van der Waals surface area contributed by atoms with E-state index in [2.05, 4.69) is 19.4 Å². The third kappa shape index (κ3) is 5.36. The number of nitrogens with one attached hydrogen (secondary N) is 2. The first-order valence-corrected chi connectivity index (χ1v) is 5.83. The Morgan fingerprint density at radius 2 is 2.06 bits per heavy atom. The Morgan fingerprint density at radius 1 is 1.35 bits per heavy atom. The van der Waals surface area contributed by atoms with Gasteiger partial charge < -0.3 is 15.0 Å². The molecule has 0 bridgehead atoms. The Morgan fingerprint density at radius 3 is 2.71 bits per heavy atom. The maximum absolute atomic E-state index is 11.5. The average Bonchev–Trinajstić information content (AvgIpc) is 2.27. The molecule has 0 aromatic heterocycles. The van der Waals surface area contributed by atoms with E-state index in [-0.39, 0.29) is 12.5 Å². The van der Waals surface area contributed by atoms with Crippen molar-refractivity contribution in [2.24, 2.45) is 0 Å². The fraction of sp³-hybridized carbons (Fsp3) is 0.462. The van der Waals surface area contributed by atoms with Gasteiger partial charge in [-0.05, 0) is 18.6 Å². The topological polar surface area (TPSA) is 42.8 Å². The quantitative estimate of drug-likeness (QED) is 0.709. The van der Waals surface area contributed by atoms with E-state index in [0.29, 0.717) is 6.54 Å². The normalized spacial score (nSPS) is 10.4. The molecule has 1 amide bonds. The van der Waals surface area contributed by atoms with Crippen molar-refractivity contribution >= 4 is 5.91 Å². The highest BCUT2D eigenvalue weighted by molar-refractivity contribution is 5.77. The molecule has 17 heavy (non-hydrogen) atoms. The Bertz CT molecular complexity index is 364. The summed E-state index contributed by atoms with van der Waals surface area (Å²) in [6.45, 7) is 3.63. The van der Waals surface area contributed by atoms with Crippen molar-refractivity contribution in [2.75, 3.05) is 33.8 Å². The molecule has 94 valence electrons. The molecule has 1 aromatic carbocycles. The lowest BCUT2D eigenvalue weighted by Crippen LogP contribution is -3.06. The summed E-state index contributed by atoms with van der Waals surface area (Å²) >= 11 is 0. The monoisotopic (exact) mass is 237 g/mol. The van der Waals surface area contributed by atoms with Gasteiger partial charge in [0.15, 0.2) is 6.61 Å². The van der Waals surface area contributed by atoms with E-state index in [0.717, 1.165) is 17.9 Å². The van der Waals surface area contributed by atoms with Crippen LogP contribution >= 0.6 is 0 Å². The van der Waals surface area contributed by atoms with Crippen molar-refractivity contribution in [3.63, 3.8) is 0 Å². The molecule has 0 aliphatic carbocycles. The van der Waals surface area contributed by atoms with Gasteiger partial charge in [0.2, 0.25) is 0 Å². The van der Waals surface area contributed by atoms with Crippen molar-refractivity contribution in [1.29, 1.82) is 0 Å². The third-order valence-electron chi connectivity index (χ3n) is 2.40. The lowest BCUT2D eigenvalue weighted by molar-refractivity contribution is -0.856. The molecule has 1 rings (SSSR count). The zero-order chi connectivity index (χ0) is 12.7. The molecule has 0 heterocycles. The molecule has 0 atom stereocenters. The van der Waals surface area contributed by atoms with Crippen molar-refractivity contribution in [1.82, 2.24) is 5.32 Å². The van der Waals surface area contributed by atoms with Gasteiger partial charge in [-0.15, -0.1) is 0 Å². The Balaban J connectivity index is 2.26. The van der Waals surface area contributed by atoms with Gasteiger partial charge in [-0.1, -0.05) is 18.2 Å². The van der Waals surface area contributed by atoms with E-state index in [9.17, 15) is 4.79 Å². The van der Waals surface area contributed by atoms with Crippen LogP contribution in [0.4, 0.5) is 0 Å². The number of aryl methyl sites for hydroxylation is 1. The average molecular weight is 237 g/mol. The van der Waals surface area contributed by atoms with Crippen LogP contribution in [0.15, 0.2) is 24.3 Å². The van der Waals surface area contributed by atoms with Gasteiger partial charge in [-0.25, -0.2) is 0 Å². The molecule has 2 N–H and O–H groups in total. The predicted octanol–water partition coefficient (Wildman–Crippen LogP) is -0.365. The van der Waals surface area contributed by atoms with Crippen LogP contribution in [0.1, 0.15) is 5.56 Å². The lowest BCUT2D eigenvalue weighted by Gasteiger charge is -2.10. The molecule has 0 aliphatic heterocycles. The van der Waals surface area contributed by atoms with E-state index in [1.54, 1.807) is 0 Å². The highest BCUT2D eigenvalue weighted by Gasteiger charge is 2.04. The first-order valence-electron chi connectivity index (χ1n) is 5.83. The van der Waals surface area contributed by atoms with Crippen LogP contribution in [0, 0.1) is 6.92 Å². The van der Waals surface area contributed by atoms with E-state index < -0.39 is 0 Å². The third-order valence-corrected chi connectivity index (χ3v) is 2.40. The number of benzene rings is 1. The highest BCUT2D eigenvalue weighted by atomic mass is 16.5. The molecule has 4 nitrogen and oxygen atoms in total. The SMILES string of the molecule is Cc1ccccc1OCC(=O)NCC[NH+](C)C. The van der Waals surface area contributed by atoms with Crippen molar-refractivity contribution in [3.8, 4) is 5.75 Å². The lowest BCUT2D eigenvalue weighted by atomic mass is 10.2. The molecule has 0 saturated carbocycles. The summed E-state index contributed by atoms with van der Waals surface area (Å²) in [6, 6.07) is 7.67. The fourth-order valence-corrected chi connectivity index (χ4v) is 1.36. The van der Waals surface area contributed by atoms with Crippen molar-refractivity contribution < 1.29 is 14.4 Å². The molecule has 0 spiro atoms. The molecule has 0 unspecified atom stereocenters. The van der Waals surface area contributed by atoms with E-state index in [4.69, 9.17) is 4.74 Å². The zero-order valence-corrected chi connectivity index (χ0v) is 10.7. The minimum atomic E-state index is -0.0745. The van der Waals surface area contributed by atoms with Crippen LogP contribution in [0.2, 0.25) is 0 Å². The largest absolute Gasteiger partial charge is 0.484 e. The van der Waals surface area contributed by atoms with Crippen LogP contribution in [-0.2, 0) is 4.79 Å². The van der Waals surface area contributed by atoms with Crippen LogP contribution in [-0.4, -0.2) is 39.7 Å². The summed E-state index contributed by atoms with van der Waals surface area (Å²) in [5.41, 5.74) is 1.04. The maximum atomic E-state index is 11.5. The number of para-hydroxylation sites is 1. The summed E-state index contributed by atoms with van der Waals surface area (Å²) in [5.74, 6) is 0.690. The van der Waals surface area contributed by atoms with E-state index >= 15 is 0 Å². The second-order valence-electron chi connectivity index (χ2n) is 4.36. The predicted molar refractivity (Wildman–Crippen MR) is 67.4 cm³/mol. The first kappa shape index (κ1) is 13.5. The van der Waals surface area contributed by atoms with Crippen molar-refractivity contribution in [3.05, 3.63) is 29.8 Å². The van der Waals surface area contributed by atoms with Crippen LogP contribution in [0.3, 0.4) is 0 Å². The van der Waals surface area contributed by atoms with Crippen LogP contribution in [0.25, 0.3) is 0 Å². The summed E-state index contributed by atoms with van der Waals surface area (Å²) in [4.78, 5) is 12.8. The summed E-state index contributed by atoms with van der Waals surface area (Å²) in [7, 11) is 4.10. The molecule has 0 radical (unpaired) electrons. The number of carbonyl (C=O) groups is 1. The minimum absolute atomic E-state index is 0.0745. The first-order chi connectivity index (χ1) is 8.09. The van der Waals surface area contributed by atoms with Gasteiger partial charge >= 0.3 is 0 Å². The summed E-state index contributed by atoms with van der Waals surface area (Å²) < 4.78 is 5.44. The molecule has 1 aromatic rings. The second-order valence-corrected chi connectivity index (χ2v) is 4.36. The van der Waals surface area contributed by atoms with E-state index in [1.807, 2.05) is 31.2 Å². The molecule has 0 aliphatic rings. The highest BCUT2D eigenvalue weighted by Crippen LogP contribution is 2.15. The number of hydrogen-bond acceptors (Lipinski definition) is 2. The van der Waals surface area contributed by atoms with Gasteiger partial charge in [-0.3, -0.25) is 4.79 Å². The number of likely N-dealkylation sites (N-methyl/N-ethyl adjacent to an activating group) is 1. The Labute approximate surface area is 103 Å². The summed E-state index contributed by atoms with van der Waals surface area (Å²) in [6.07, 6.45) is 0. The number of hydrogen-bond donors (Lipinski definition) is 2. The van der Waals surface area contributed by atoms with Gasteiger partial charge in [0.05, 0.1) is 27.2 Å². The fourth-order valence-electron chi connectivity index (χ4n) is 1.36. The summed E-state index contributed by atoms with van der Waals surface area (Å²) in [5, 5.41) is 2.82. The minimum Gasteiger partial charge on any atom is -0.484 e. The van der Waals surface area contributed by atoms with E-state index in [1.165, 1.54) is 4.90 Å². The maximum Gasteiger partial charge on any atom is 0.258 e. The molecule has 0 fully saturated rings. The Kier molecular flexibility index (Phi) is 5.49. The van der Waals surface area contributed by atoms with Gasteiger partial charge in [0.25, 0.3) is 5.91 Å². The smallest absolute Gasteiger partial charge is 0.258 e. The number of quaternary nitrogens is 1. The number of rotatable bonds is 6. The Hall–Kier alpha value is -1.55. The molecule has 0 saturated heterocycles. The van der Waals surface area contributed by atoms with Crippen LogP contribution < -0.4 is 15.0 Å². The second kappa shape index (κ2) is 6.91. The van der Waals surface area contributed by atoms with Crippen molar-refractivity contribution in [2.45, 2.75) is 6.92 Å². The van der Waals surface area contributed by atoms with Gasteiger partial charge in [0.1, 0.15) is 5.75 Å².